The second-order valence-electron chi connectivity index (χ2n) is 12.9. The van der Waals surface area contributed by atoms with Gasteiger partial charge in [0.2, 0.25) is 12.7 Å². The Kier molecular flexibility index (Phi) is 9.67. The van der Waals surface area contributed by atoms with E-state index >= 15 is 0 Å². The average molecular weight is 660 g/mol. The normalized spacial score (nSPS) is 27.4. The molecule has 3 aliphatic rings. The van der Waals surface area contributed by atoms with Gasteiger partial charge in [-0.1, -0.05) is 12.8 Å². The summed E-state index contributed by atoms with van der Waals surface area (Å²) in [6.45, 7) is 11.9. The average Bonchev–Trinajstić information content (AvgIpc) is 3.68. The summed E-state index contributed by atoms with van der Waals surface area (Å²) in [5, 5.41) is 14.9. The number of halogens is 1. The van der Waals surface area contributed by atoms with Gasteiger partial charge in [0.15, 0.2) is 29.3 Å². The van der Waals surface area contributed by atoms with Crippen molar-refractivity contribution in [2.45, 2.75) is 115 Å². The van der Waals surface area contributed by atoms with Gasteiger partial charge in [-0.05, 0) is 66.0 Å². The lowest BCUT2D eigenvalue weighted by molar-refractivity contribution is -0.203. The van der Waals surface area contributed by atoms with Gasteiger partial charge < -0.3 is 33.3 Å². The maximum absolute atomic E-state index is 13.5. The Labute approximate surface area is 262 Å². The van der Waals surface area contributed by atoms with Crippen LogP contribution >= 0.6 is 19.0 Å². The van der Waals surface area contributed by atoms with E-state index < -0.39 is 61.8 Å². The van der Waals surface area contributed by atoms with E-state index in [1.54, 1.807) is 36.5 Å². The standard InChI is InChI=1S/C28H43ClN5O9P/c1-8-39-44(7,37)19(14-35)38-15-18-20-21(42-28(5,6)41-20)24(40-18)34-23-17(13-30-34)22(31-25(29)32-23)33(16-11-9-10-12-16)26(36)43-27(2,3)4/h13,16,18-21,24,35H,8-12,14-15H2,1-7H3/t18-,19?,20-,21-,24-,44?/m1/s1. The molecule has 1 aliphatic carbocycles. The zero-order chi connectivity index (χ0) is 32.0. The molecule has 4 heterocycles. The number of amides is 1. The molecular formula is C28H43ClN5O9P. The first-order valence-corrected chi connectivity index (χ1v) is 17.5. The lowest BCUT2D eigenvalue weighted by Crippen LogP contribution is -2.43. The minimum atomic E-state index is -3.25. The van der Waals surface area contributed by atoms with Gasteiger partial charge in [0.25, 0.3) is 0 Å². The minimum absolute atomic E-state index is 0.0540. The summed E-state index contributed by atoms with van der Waals surface area (Å²) < 4.78 is 50.4. The number of fused-ring (bicyclic) bond motifs is 2. The van der Waals surface area contributed by atoms with E-state index in [4.69, 9.17) is 39.8 Å². The molecule has 0 aromatic carbocycles. The van der Waals surface area contributed by atoms with Crippen LogP contribution in [-0.4, -0.2) is 99.0 Å². The molecule has 0 radical (unpaired) electrons. The molecule has 2 saturated heterocycles. The summed E-state index contributed by atoms with van der Waals surface area (Å²) in [7, 11) is -3.25. The molecule has 1 N–H and O–H groups in total. The van der Waals surface area contributed by atoms with Crippen LogP contribution in [0.25, 0.3) is 11.0 Å². The molecule has 246 valence electrons. The van der Waals surface area contributed by atoms with Crippen LogP contribution in [0.3, 0.4) is 0 Å². The van der Waals surface area contributed by atoms with E-state index in [9.17, 15) is 14.5 Å². The Hall–Kier alpha value is -1.90. The summed E-state index contributed by atoms with van der Waals surface area (Å²) in [5.41, 5.74) is -0.374. The number of aromatic nitrogens is 4. The van der Waals surface area contributed by atoms with Gasteiger partial charge in [0.1, 0.15) is 23.9 Å². The van der Waals surface area contributed by atoms with Gasteiger partial charge >= 0.3 is 6.09 Å². The zero-order valence-corrected chi connectivity index (χ0v) is 27.9. The molecule has 14 nitrogen and oxygen atoms in total. The van der Waals surface area contributed by atoms with E-state index in [-0.39, 0.29) is 24.5 Å². The molecule has 0 spiro atoms. The second kappa shape index (κ2) is 12.7. The molecule has 2 aromatic rings. The number of hydrogen-bond donors (Lipinski definition) is 1. The van der Waals surface area contributed by atoms with Crippen LogP contribution in [0, 0.1) is 0 Å². The van der Waals surface area contributed by atoms with Gasteiger partial charge in [0, 0.05) is 12.7 Å². The molecule has 6 atom stereocenters. The molecule has 2 unspecified atom stereocenters. The smallest absolute Gasteiger partial charge is 0.416 e. The number of rotatable bonds is 10. The Balaban J connectivity index is 1.48. The number of nitrogens with zero attached hydrogens (tertiary/aromatic N) is 5. The first kappa shape index (κ1) is 33.5. The van der Waals surface area contributed by atoms with E-state index in [1.807, 2.05) is 20.8 Å². The fraction of sp³-hybridized carbons (Fsp3) is 0.786. The van der Waals surface area contributed by atoms with Gasteiger partial charge in [-0.2, -0.15) is 15.1 Å². The van der Waals surface area contributed by atoms with Crippen LogP contribution in [0.5, 0.6) is 0 Å². The molecule has 1 amide bonds. The molecule has 44 heavy (non-hydrogen) atoms. The van der Waals surface area contributed by atoms with E-state index in [2.05, 4.69) is 15.1 Å². The van der Waals surface area contributed by atoms with E-state index in [1.165, 1.54) is 6.66 Å². The van der Waals surface area contributed by atoms with Crippen LogP contribution < -0.4 is 4.90 Å². The Bertz CT molecular complexity index is 1400. The maximum Gasteiger partial charge on any atom is 0.416 e. The van der Waals surface area contributed by atoms with Crippen LogP contribution in [-0.2, 0) is 32.8 Å². The third-order valence-electron chi connectivity index (χ3n) is 7.80. The number of carbonyl (C=O) groups is 1. The second-order valence-corrected chi connectivity index (χ2v) is 15.8. The summed E-state index contributed by atoms with van der Waals surface area (Å²) in [5.74, 6) is -1.66. The van der Waals surface area contributed by atoms with Gasteiger partial charge in [-0.3, -0.25) is 9.46 Å². The van der Waals surface area contributed by atoms with Crippen LogP contribution in [0.1, 0.15) is 73.5 Å². The van der Waals surface area contributed by atoms with E-state index in [0.717, 1.165) is 25.7 Å². The highest BCUT2D eigenvalue weighted by atomic mass is 35.5. The third kappa shape index (κ3) is 6.92. The van der Waals surface area contributed by atoms with E-state index in [0.29, 0.717) is 16.9 Å². The Morgan fingerprint density at radius 1 is 1.25 bits per heavy atom. The predicted octanol–water partition coefficient (Wildman–Crippen LogP) is 4.86. The number of aliphatic hydroxyl groups is 1. The third-order valence-corrected chi connectivity index (χ3v) is 10.1. The highest BCUT2D eigenvalue weighted by molar-refractivity contribution is 7.58. The highest BCUT2D eigenvalue weighted by Gasteiger charge is 2.57. The van der Waals surface area contributed by atoms with Crippen LogP contribution in [0.15, 0.2) is 6.20 Å². The number of ether oxygens (including phenoxy) is 5. The van der Waals surface area contributed by atoms with Crippen molar-refractivity contribution in [2.24, 2.45) is 0 Å². The van der Waals surface area contributed by atoms with Crippen molar-refractivity contribution in [1.29, 1.82) is 0 Å². The molecule has 0 bridgehead atoms. The molecule has 5 rings (SSSR count). The van der Waals surface area contributed by atoms with Crippen molar-refractivity contribution in [3.63, 3.8) is 0 Å². The zero-order valence-electron chi connectivity index (χ0n) is 26.3. The number of hydrogen-bond acceptors (Lipinski definition) is 12. The predicted molar refractivity (Wildman–Crippen MR) is 161 cm³/mol. The van der Waals surface area contributed by atoms with Crippen LogP contribution in [0.2, 0.25) is 5.28 Å². The summed E-state index contributed by atoms with van der Waals surface area (Å²) in [6, 6.07) is -0.117. The molecule has 2 aromatic heterocycles. The quantitative estimate of drug-likeness (QED) is 0.273. The summed E-state index contributed by atoms with van der Waals surface area (Å²) in [4.78, 5) is 24.1. The number of anilines is 1. The topological polar surface area (TPSA) is 157 Å². The van der Waals surface area contributed by atoms with Crippen molar-refractivity contribution in [2.75, 3.05) is 31.4 Å². The van der Waals surface area contributed by atoms with Gasteiger partial charge in [-0.25, -0.2) is 9.48 Å². The lowest BCUT2D eigenvalue weighted by atomic mass is 10.1. The minimum Gasteiger partial charge on any atom is -0.443 e. The summed E-state index contributed by atoms with van der Waals surface area (Å²) >= 11 is 6.48. The fourth-order valence-electron chi connectivity index (χ4n) is 6.01. The maximum atomic E-state index is 13.5. The molecule has 1 saturated carbocycles. The largest absolute Gasteiger partial charge is 0.443 e. The summed E-state index contributed by atoms with van der Waals surface area (Å²) in [6.07, 6.45) is 1.94. The molecule has 3 fully saturated rings. The van der Waals surface area contributed by atoms with Crippen molar-refractivity contribution < 1.29 is 42.7 Å². The molecule has 2 aliphatic heterocycles. The first-order valence-electron chi connectivity index (χ1n) is 15.0. The van der Waals surface area contributed by atoms with Gasteiger partial charge in [0.05, 0.1) is 31.4 Å². The molecular weight excluding hydrogens is 617 g/mol. The monoisotopic (exact) mass is 659 g/mol. The number of aliphatic hydroxyl groups excluding tert-OH is 1. The SMILES string of the molecule is CCOP(C)(=O)C(CO)OC[C@H]1O[C@@H](n2ncc3c(N(C(=O)OC(C)(C)C)C4CCCC4)nc(Cl)nc32)[C@@H]2OC(C)(C)O[C@@H]21. The van der Waals surface area contributed by atoms with Crippen LogP contribution in [0.4, 0.5) is 10.6 Å². The van der Waals surface area contributed by atoms with Crippen molar-refractivity contribution in [3.8, 4) is 0 Å². The first-order chi connectivity index (χ1) is 20.6. The number of carbonyl (C=O) groups excluding carboxylic acids is 1. The van der Waals surface area contributed by atoms with Crippen molar-refractivity contribution >= 4 is 41.9 Å². The van der Waals surface area contributed by atoms with Crippen molar-refractivity contribution in [1.82, 2.24) is 19.7 Å². The fourth-order valence-corrected chi connectivity index (χ4v) is 7.50. The lowest BCUT2D eigenvalue weighted by Gasteiger charge is -2.31. The van der Waals surface area contributed by atoms with Crippen molar-refractivity contribution in [3.05, 3.63) is 11.5 Å². The Morgan fingerprint density at radius 3 is 2.57 bits per heavy atom. The Morgan fingerprint density at radius 2 is 1.93 bits per heavy atom. The highest BCUT2D eigenvalue weighted by Crippen LogP contribution is 2.49. The van der Waals surface area contributed by atoms with Gasteiger partial charge in [-0.15, -0.1) is 0 Å². The molecule has 16 heteroatoms.